The first-order valence-corrected chi connectivity index (χ1v) is 6.79. The van der Waals surface area contributed by atoms with E-state index < -0.39 is 5.41 Å². The molecule has 1 spiro atoms. The summed E-state index contributed by atoms with van der Waals surface area (Å²) in [7, 11) is 1.91. The van der Waals surface area contributed by atoms with E-state index in [9.17, 15) is 4.79 Å². The molecule has 2 heterocycles. The molecule has 1 aromatic heterocycles. The Morgan fingerprint density at radius 3 is 2.95 bits per heavy atom. The fourth-order valence-corrected chi connectivity index (χ4v) is 3.42. The molecule has 0 radical (unpaired) electrons. The van der Waals surface area contributed by atoms with E-state index in [0.29, 0.717) is 0 Å². The van der Waals surface area contributed by atoms with Gasteiger partial charge in [-0.15, -0.1) is 0 Å². The van der Waals surface area contributed by atoms with Crippen molar-refractivity contribution in [2.24, 2.45) is 0 Å². The molecule has 2 aliphatic rings. The zero-order valence-corrected chi connectivity index (χ0v) is 11.2. The van der Waals surface area contributed by atoms with Crippen LogP contribution in [-0.4, -0.2) is 17.9 Å². The maximum atomic E-state index is 12.5. The third-order valence-electron chi connectivity index (χ3n) is 4.47. The third-order valence-corrected chi connectivity index (χ3v) is 4.47. The van der Waals surface area contributed by atoms with E-state index in [2.05, 4.69) is 33.8 Å². The summed E-state index contributed by atoms with van der Waals surface area (Å²) < 4.78 is 0. The van der Waals surface area contributed by atoms with E-state index in [1.165, 1.54) is 11.1 Å². The number of hydrogen-bond donors (Lipinski definition) is 2. The summed E-state index contributed by atoms with van der Waals surface area (Å²) in [5, 5.41) is 6.08. The van der Waals surface area contributed by atoms with E-state index >= 15 is 0 Å². The molecule has 1 unspecified atom stereocenters. The highest BCUT2D eigenvalue weighted by molar-refractivity contribution is 6.06. The number of pyridine rings is 1. The smallest absolute Gasteiger partial charge is 0.237 e. The van der Waals surface area contributed by atoms with E-state index in [1.807, 2.05) is 19.2 Å². The number of nitrogens with zero attached hydrogens (tertiary/aromatic N) is 1. The molecule has 1 atom stereocenters. The Labute approximate surface area is 117 Å². The second-order valence-electron chi connectivity index (χ2n) is 5.52. The molecule has 100 valence electrons. The van der Waals surface area contributed by atoms with Crippen molar-refractivity contribution in [1.82, 2.24) is 4.98 Å². The molecular formula is C16H15N3O. The summed E-state index contributed by atoms with van der Waals surface area (Å²) >= 11 is 0. The van der Waals surface area contributed by atoms with E-state index in [-0.39, 0.29) is 5.91 Å². The summed E-state index contributed by atoms with van der Waals surface area (Å²) in [5.74, 6) is 0.799. The first-order chi connectivity index (χ1) is 9.73. The molecule has 4 heteroatoms. The fraction of sp³-hybridized carbons (Fsp3) is 0.250. The summed E-state index contributed by atoms with van der Waals surface area (Å²) in [4.78, 5) is 16.8. The minimum absolute atomic E-state index is 0.0772. The average molecular weight is 265 g/mol. The van der Waals surface area contributed by atoms with Crippen molar-refractivity contribution in [2.75, 3.05) is 17.7 Å². The van der Waals surface area contributed by atoms with Crippen LogP contribution in [0.4, 0.5) is 11.5 Å². The Bertz CT molecular complexity index is 725. The standard InChI is InChI=1S/C16H15N3O/c1-17-12-5-4-10-8-16(9-11(10)7-12)13-3-2-6-18-14(13)19-15(16)20/h2-7,17H,8-9H2,1H3,(H,18,19,20). The maximum Gasteiger partial charge on any atom is 0.237 e. The number of nitrogens with one attached hydrogen (secondary N) is 2. The van der Waals surface area contributed by atoms with Crippen LogP contribution in [0.1, 0.15) is 16.7 Å². The Morgan fingerprint density at radius 2 is 2.10 bits per heavy atom. The number of aromatic nitrogens is 1. The fourth-order valence-electron chi connectivity index (χ4n) is 3.42. The summed E-state index contributed by atoms with van der Waals surface area (Å²) in [6.45, 7) is 0. The van der Waals surface area contributed by atoms with Crippen LogP contribution in [0.25, 0.3) is 0 Å². The van der Waals surface area contributed by atoms with Gasteiger partial charge in [0.15, 0.2) is 0 Å². The van der Waals surface area contributed by atoms with Gasteiger partial charge in [-0.05, 0) is 42.2 Å². The highest BCUT2D eigenvalue weighted by Crippen LogP contribution is 2.46. The Morgan fingerprint density at radius 1 is 1.25 bits per heavy atom. The van der Waals surface area contributed by atoms with E-state index in [0.717, 1.165) is 29.9 Å². The molecule has 1 amide bonds. The lowest BCUT2D eigenvalue weighted by Gasteiger charge is -2.20. The van der Waals surface area contributed by atoms with Crippen LogP contribution in [0.5, 0.6) is 0 Å². The normalized spacial score (nSPS) is 22.6. The average Bonchev–Trinajstić information content (AvgIpc) is 2.98. The molecule has 0 saturated carbocycles. The molecule has 2 aromatic rings. The van der Waals surface area contributed by atoms with Gasteiger partial charge < -0.3 is 10.6 Å². The second kappa shape index (κ2) is 3.82. The lowest BCUT2D eigenvalue weighted by molar-refractivity contribution is -0.120. The van der Waals surface area contributed by atoms with Gasteiger partial charge in [0.25, 0.3) is 0 Å². The van der Waals surface area contributed by atoms with Gasteiger partial charge in [0.1, 0.15) is 5.82 Å². The zero-order chi connectivity index (χ0) is 13.7. The molecule has 0 fully saturated rings. The number of carbonyl (C=O) groups excluding carboxylic acids is 1. The van der Waals surface area contributed by atoms with Crippen LogP contribution < -0.4 is 10.6 Å². The highest BCUT2D eigenvalue weighted by Gasteiger charge is 2.50. The molecule has 1 aliphatic carbocycles. The molecule has 4 nitrogen and oxygen atoms in total. The van der Waals surface area contributed by atoms with Gasteiger partial charge >= 0.3 is 0 Å². The van der Waals surface area contributed by atoms with Gasteiger partial charge in [-0.3, -0.25) is 4.79 Å². The van der Waals surface area contributed by atoms with Crippen LogP contribution >= 0.6 is 0 Å². The number of benzene rings is 1. The first kappa shape index (κ1) is 11.5. The van der Waals surface area contributed by atoms with Gasteiger partial charge in [-0.1, -0.05) is 12.1 Å². The molecule has 2 N–H and O–H groups in total. The summed E-state index contributed by atoms with van der Waals surface area (Å²) in [6.07, 6.45) is 3.23. The Balaban J connectivity index is 1.83. The zero-order valence-electron chi connectivity index (χ0n) is 11.2. The molecule has 20 heavy (non-hydrogen) atoms. The van der Waals surface area contributed by atoms with Crippen molar-refractivity contribution in [1.29, 1.82) is 0 Å². The van der Waals surface area contributed by atoms with Crippen molar-refractivity contribution in [3.8, 4) is 0 Å². The van der Waals surface area contributed by atoms with Crippen LogP contribution in [0, 0.1) is 0 Å². The van der Waals surface area contributed by atoms with Gasteiger partial charge in [0.05, 0.1) is 5.41 Å². The van der Waals surface area contributed by atoms with Crippen molar-refractivity contribution in [3.63, 3.8) is 0 Å². The highest BCUT2D eigenvalue weighted by atomic mass is 16.2. The van der Waals surface area contributed by atoms with Gasteiger partial charge in [-0.25, -0.2) is 4.98 Å². The molecule has 0 bridgehead atoms. The number of rotatable bonds is 1. The quantitative estimate of drug-likeness (QED) is 0.830. The van der Waals surface area contributed by atoms with Crippen LogP contribution in [0.15, 0.2) is 36.5 Å². The number of anilines is 2. The number of fused-ring (bicyclic) bond motifs is 3. The van der Waals surface area contributed by atoms with Crippen molar-refractivity contribution >= 4 is 17.4 Å². The van der Waals surface area contributed by atoms with Crippen molar-refractivity contribution < 1.29 is 4.79 Å². The summed E-state index contributed by atoms with van der Waals surface area (Å²) in [6, 6.07) is 10.3. The van der Waals surface area contributed by atoms with Crippen LogP contribution in [0.2, 0.25) is 0 Å². The molecule has 4 rings (SSSR count). The monoisotopic (exact) mass is 265 g/mol. The number of carbonyl (C=O) groups is 1. The number of amides is 1. The van der Waals surface area contributed by atoms with Crippen molar-refractivity contribution in [2.45, 2.75) is 18.3 Å². The minimum Gasteiger partial charge on any atom is -0.388 e. The van der Waals surface area contributed by atoms with Gasteiger partial charge in [0, 0.05) is 24.5 Å². The largest absolute Gasteiger partial charge is 0.388 e. The first-order valence-electron chi connectivity index (χ1n) is 6.79. The molecular weight excluding hydrogens is 250 g/mol. The van der Waals surface area contributed by atoms with E-state index in [4.69, 9.17) is 0 Å². The lowest BCUT2D eigenvalue weighted by Crippen LogP contribution is -2.35. The topological polar surface area (TPSA) is 54.0 Å². The van der Waals surface area contributed by atoms with Crippen molar-refractivity contribution in [3.05, 3.63) is 53.2 Å². The number of hydrogen-bond acceptors (Lipinski definition) is 3. The molecule has 1 aromatic carbocycles. The lowest BCUT2D eigenvalue weighted by atomic mass is 9.79. The van der Waals surface area contributed by atoms with Crippen LogP contribution in [-0.2, 0) is 23.1 Å². The Kier molecular flexibility index (Phi) is 2.19. The maximum absolute atomic E-state index is 12.5. The third kappa shape index (κ3) is 1.36. The van der Waals surface area contributed by atoms with Crippen LogP contribution in [0.3, 0.4) is 0 Å². The Hall–Kier alpha value is -2.36. The predicted molar refractivity (Wildman–Crippen MR) is 77.9 cm³/mol. The van der Waals surface area contributed by atoms with Gasteiger partial charge in [-0.2, -0.15) is 0 Å². The molecule has 1 aliphatic heterocycles. The molecule has 0 saturated heterocycles. The van der Waals surface area contributed by atoms with Gasteiger partial charge in [0.2, 0.25) is 5.91 Å². The minimum atomic E-state index is -0.460. The predicted octanol–water partition coefficient (Wildman–Crippen LogP) is 2.11. The summed E-state index contributed by atoms with van der Waals surface area (Å²) in [5.41, 5.74) is 4.18. The SMILES string of the molecule is CNc1ccc2c(c1)CC1(C2)C(=O)Nc2ncccc21. The van der Waals surface area contributed by atoms with E-state index in [1.54, 1.807) is 6.20 Å². The second-order valence-corrected chi connectivity index (χ2v) is 5.52.